The van der Waals surface area contributed by atoms with Gasteiger partial charge in [-0.3, -0.25) is 4.79 Å². The monoisotopic (exact) mass is 558 g/mol. The molecule has 42 heavy (non-hydrogen) atoms. The smallest absolute Gasteiger partial charge is 0.281 e. The average Bonchev–Trinajstić information content (AvgIpc) is 3.41. The Labute approximate surface area is 248 Å². The minimum absolute atomic E-state index is 0.0703. The van der Waals surface area contributed by atoms with Crippen molar-refractivity contribution in [2.75, 3.05) is 44.6 Å². The van der Waals surface area contributed by atoms with Crippen LogP contribution in [0.3, 0.4) is 0 Å². The topological polar surface area (TPSA) is 48.4 Å². The van der Waals surface area contributed by atoms with Gasteiger partial charge in [0.2, 0.25) is 0 Å². The molecule has 0 radical (unpaired) electrons. The summed E-state index contributed by atoms with van der Waals surface area (Å²) in [6.45, 7) is -0.0703. The molecule has 6 heteroatoms. The Morgan fingerprint density at radius 3 is 2.24 bits per heavy atom. The maximum Gasteiger partial charge on any atom is 0.281 e. The molecule has 0 N–H and O–H groups in total. The number of carbonyl (C=O) groups excluding carboxylic acids is 1. The summed E-state index contributed by atoms with van der Waals surface area (Å²) < 4.78 is 6.04. The number of hydrazone groups is 1. The number of hydrogen-bond acceptors (Lipinski definition) is 5. The van der Waals surface area contributed by atoms with Crippen molar-refractivity contribution in [1.29, 1.82) is 0 Å². The first-order chi connectivity index (χ1) is 20.4. The Hall–Kier alpha value is -4.58. The van der Waals surface area contributed by atoms with Gasteiger partial charge in [-0.15, -0.1) is 0 Å². The van der Waals surface area contributed by atoms with Crippen LogP contribution in [-0.2, 0) is 4.79 Å². The number of hydrogen-bond donors (Lipinski definition) is 0. The van der Waals surface area contributed by atoms with E-state index in [1.54, 1.807) is 5.01 Å². The lowest BCUT2D eigenvalue weighted by atomic mass is 9.77. The van der Waals surface area contributed by atoms with E-state index in [9.17, 15) is 4.79 Å². The molecular formula is C36H38N4O2. The number of rotatable bonds is 7. The first kappa shape index (κ1) is 27.6. The molecule has 1 saturated carbocycles. The number of ether oxygens (including phenoxy) is 1. The standard InChI is InChI=1S/C36H38N4O2/c1-38(2)30-17-12-25(13-18-30)22-29-10-7-11-33-35(29)37-40(36(33)27-14-19-31(20-15-27)39(3)4)34(41)24-42-32-21-16-26-8-5-6-9-28(26)23-32/h5-6,8-9,12-23,33,36H,7,10-11,24H2,1-4H3/b29-22-. The quantitative estimate of drug-likeness (QED) is 0.241. The SMILES string of the molecule is CN(C)c1ccc(/C=C2/CCCC3C2=NN(C(=O)COc2ccc4ccccc4c2)C3c2ccc(N(C)C)cc2)cc1. The third-order valence-corrected chi connectivity index (χ3v) is 8.34. The van der Waals surface area contributed by atoms with Gasteiger partial charge >= 0.3 is 0 Å². The molecule has 0 aromatic heterocycles. The van der Waals surface area contributed by atoms with E-state index < -0.39 is 0 Å². The van der Waals surface area contributed by atoms with Crippen molar-refractivity contribution in [3.63, 3.8) is 0 Å². The summed E-state index contributed by atoms with van der Waals surface area (Å²) >= 11 is 0. The average molecular weight is 559 g/mol. The normalized spacial score (nSPS) is 19.0. The molecule has 1 aliphatic heterocycles. The van der Waals surface area contributed by atoms with Gasteiger partial charge in [-0.05, 0) is 89.2 Å². The van der Waals surface area contributed by atoms with E-state index in [2.05, 4.69) is 76.5 Å². The molecule has 1 heterocycles. The van der Waals surface area contributed by atoms with E-state index in [-0.39, 0.29) is 24.5 Å². The number of fused-ring (bicyclic) bond motifs is 2. The molecule has 2 aliphatic rings. The number of benzene rings is 4. The molecule has 4 aromatic rings. The Balaban J connectivity index is 1.30. The maximum atomic E-state index is 13.8. The van der Waals surface area contributed by atoms with Gasteiger partial charge in [0.25, 0.3) is 5.91 Å². The fraction of sp³-hybridized carbons (Fsp3) is 0.278. The van der Waals surface area contributed by atoms with Crippen molar-refractivity contribution >= 4 is 39.8 Å². The number of carbonyl (C=O) groups is 1. The highest BCUT2D eigenvalue weighted by molar-refractivity contribution is 6.08. The molecule has 1 amide bonds. The van der Waals surface area contributed by atoms with Crippen LogP contribution in [0.25, 0.3) is 16.8 Å². The number of amides is 1. The zero-order chi connectivity index (χ0) is 29.2. The van der Waals surface area contributed by atoms with E-state index in [1.165, 1.54) is 11.3 Å². The van der Waals surface area contributed by atoms with Crippen LogP contribution in [0.2, 0.25) is 0 Å². The Morgan fingerprint density at radius 1 is 0.881 bits per heavy atom. The van der Waals surface area contributed by atoms with Crippen LogP contribution in [0.1, 0.15) is 36.4 Å². The Kier molecular flexibility index (Phi) is 7.70. The summed E-state index contributed by atoms with van der Waals surface area (Å²) in [6.07, 6.45) is 5.25. The van der Waals surface area contributed by atoms with Crippen LogP contribution in [0.15, 0.2) is 102 Å². The van der Waals surface area contributed by atoms with Gasteiger partial charge in [0.1, 0.15) is 5.75 Å². The van der Waals surface area contributed by atoms with E-state index in [4.69, 9.17) is 9.84 Å². The van der Waals surface area contributed by atoms with Crippen molar-refractivity contribution in [3.05, 3.63) is 108 Å². The minimum atomic E-state index is -0.163. The molecular weight excluding hydrogens is 520 g/mol. The molecule has 1 aliphatic carbocycles. The van der Waals surface area contributed by atoms with Crippen molar-refractivity contribution in [1.82, 2.24) is 5.01 Å². The van der Waals surface area contributed by atoms with Crippen LogP contribution in [0.4, 0.5) is 11.4 Å². The first-order valence-electron chi connectivity index (χ1n) is 14.6. The Morgan fingerprint density at radius 2 is 1.55 bits per heavy atom. The predicted molar refractivity (Wildman–Crippen MR) is 173 cm³/mol. The lowest BCUT2D eigenvalue weighted by Crippen LogP contribution is -2.34. The highest BCUT2D eigenvalue weighted by atomic mass is 16.5. The summed E-state index contributed by atoms with van der Waals surface area (Å²) in [4.78, 5) is 18.0. The molecule has 4 aromatic carbocycles. The molecule has 0 bridgehead atoms. The van der Waals surface area contributed by atoms with Crippen molar-refractivity contribution < 1.29 is 9.53 Å². The third-order valence-electron chi connectivity index (χ3n) is 8.34. The highest BCUT2D eigenvalue weighted by Gasteiger charge is 2.43. The number of anilines is 2. The van der Waals surface area contributed by atoms with Gasteiger partial charge in [-0.1, -0.05) is 54.6 Å². The molecule has 0 spiro atoms. The molecule has 6 nitrogen and oxygen atoms in total. The second-order valence-electron chi connectivity index (χ2n) is 11.6. The van der Waals surface area contributed by atoms with E-state index in [0.29, 0.717) is 5.75 Å². The van der Waals surface area contributed by atoms with E-state index in [1.807, 2.05) is 58.5 Å². The minimum Gasteiger partial charge on any atom is -0.484 e. The molecule has 214 valence electrons. The van der Waals surface area contributed by atoms with Crippen molar-refractivity contribution in [2.45, 2.75) is 25.3 Å². The highest BCUT2D eigenvalue weighted by Crippen LogP contribution is 2.44. The zero-order valence-corrected chi connectivity index (χ0v) is 24.8. The zero-order valence-electron chi connectivity index (χ0n) is 24.8. The maximum absolute atomic E-state index is 13.8. The van der Waals surface area contributed by atoms with Crippen LogP contribution < -0.4 is 14.5 Å². The van der Waals surface area contributed by atoms with E-state index >= 15 is 0 Å². The number of allylic oxidation sites excluding steroid dienone is 1. The summed E-state index contributed by atoms with van der Waals surface area (Å²) in [6, 6.07) is 31.0. The lowest BCUT2D eigenvalue weighted by Gasteiger charge is -2.30. The van der Waals surface area contributed by atoms with E-state index in [0.717, 1.165) is 52.6 Å². The predicted octanol–water partition coefficient (Wildman–Crippen LogP) is 7.17. The van der Waals surface area contributed by atoms with Gasteiger partial charge in [0.05, 0.1) is 11.8 Å². The first-order valence-corrected chi connectivity index (χ1v) is 14.6. The van der Waals surface area contributed by atoms with Crippen LogP contribution in [-0.4, -0.2) is 51.4 Å². The van der Waals surface area contributed by atoms with Crippen molar-refractivity contribution in [3.8, 4) is 5.75 Å². The van der Waals surface area contributed by atoms with Gasteiger partial charge in [0, 0.05) is 45.5 Å². The Bertz CT molecular complexity index is 1640. The van der Waals surface area contributed by atoms with Gasteiger partial charge < -0.3 is 14.5 Å². The summed E-state index contributed by atoms with van der Waals surface area (Å²) in [5.41, 5.74) is 6.78. The molecule has 6 rings (SSSR count). The van der Waals surface area contributed by atoms with Gasteiger partial charge in [-0.25, -0.2) is 5.01 Å². The van der Waals surface area contributed by atoms with Gasteiger partial charge in [0.15, 0.2) is 6.61 Å². The lowest BCUT2D eigenvalue weighted by molar-refractivity contribution is -0.135. The second kappa shape index (κ2) is 11.7. The molecule has 1 fully saturated rings. The largest absolute Gasteiger partial charge is 0.484 e. The van der Waals surface area contributed by atoms with Crippen molar-refractivity contribution in [2.24, 2.45) is 11.0 Å². The summed E-state index contributed by atoms with van der Waals surface area (Å²) in [5.74, 6) is 0.683. The third kappa shape index (κ3) is 5.62. The number of nitrogens with zero attached hydrogens (tertiary/aromatic N) is 4. The molecule has 0 saturated heterocycles. The molecule has 2 unspecified atom stereocenters. The van der Waals surface area contributed by atoms with Crippen LogP contribution in [0, 0.1) is 5.92 Å². The summed E-state index contributed by atoms with van der Waals surface area (Å²) in [7, 11) is 8.17. The summed E-state index contributed by atoms with van der Waals surface area (Å²) in [5, 5.41) is 8.97. The van der Waals surface area contributed by atoms with Gasteiger partial charge in [-0.2, -0.15) is 5.10 Å². The van der Waals surface area contributed by atoms with Crippen LogP contribution >= 0.6 is 0 Å². The fourth-order valence-corrected chi connectivity index (χ4v) is 6.05. The fourth-order valence-electron chi connectivity index (χ4n) is 6.05. The molecule has 2 atom stereocenters. The second-order valence-corrected chi connectivity index (χ2v) is 11.6. The van der Waals surface area contributed by atoms with Crippen LogP contribution in [0.5, 0.6) is 5.75 Å².